The zero-order valence-corrected chi connectivity index (χ0v) is 11.0. The van der Waals surface area contributed by atoms with E-state index < -0.39 is 0 Å². The Bertz CT molecular complexity index is 404. The molecule has 1 saturated heterocycles. The van der Waals surface area contributed by atoms with Gasteiger partial charge in [-0.25, -0.2) is 0 Å². The molecule has 17 heavy (non-hydrogen) atoms. The highest BCUT2D eigenvalue weighted by Crippen LogP contribution is 2.25. The average molecular weight is 250 g/mol. The van der Waals surface area contributed by atoms with Crippen LogP contribution in [-0.2, 0) is 0 Å². The molecular weight excluding hydrogens is 232 g/mol. The smallest absolute Gasteiger partial charge is 0.254 e. The summed E-state index contributed by atoms with van der Waals surface area (Å²) in [5.74, 6) is 1.14. The standard InChI is InChI=1S/C13H18N2OS/c1-9-10(2)17-8-7-15(9)13(16)11-3-5-12(14)6-4-11/h3-6,9-10H,7-8,14H2,1-2H3. The molecule has 1 fully saturated rings. The second-order valence-corrected chi connectivity index (χ2v) is 5.92. The van der Waals surface area contributed by atoms with E-state index in [9.17, 15) is 4.79 Å². The number of anilines is 1. The van der Waals surface area contributed by atoms with Crippen molar-refractivity contribution in [3.63, 3.8) is 0 Å². The highest BCUT2D eigenvalue weighted by Gasteiger charge is 2.29. The molecule has 2 atom stereocenters. The largest absolute Gasteiger partial charge is 0.399 e. The van der Waals surface area contributed by atoms with Crippen LogP contribution in [0.1, 0.15) is 24.2 Å². The average Bonchev–Trinajstić information content (AvgIpc) is 2.33. The van der Waals surface area contributed by atoms with Gasteiger partial charge < -0.3 is 10.6 Å². The first-order valence-corrected chi connectivity index (χ1v) is 6.92. The van der Waals surface area contributed by atoms with Gasteiger partial charge in [0, 0.05) is 34.8 Å². The normalized spacial score (nSPS) is 24.7. The lowest BCUT2D eigenvalue weighted by atomic mass is 10.1. The van der Waals surface area contributed by atoms with Crippen molar-refractivity contribution in [2.24, 2.45) is 0 Å². The van der Waals surface area contributed by atoms with Crippen molar-refractivity contribution in [2.75, 3.05) is 18.0 Å². The van der Waals surface area contributed by atoms with E-state index in [0.717, 1.165) is 17.9 Å². The Morgan fingerprint density at radius 1 is 1.35 bits per heavy atom. The van der Waals surface area contributed by atoms with Crippen LogP contribution in [0.4, 0.5) is 5.69 Å². The Morgan fingerprint density at radius 2 is 2.00 bits per heavy atom. The fraction of sp³-hybridized carbons (Fsp3) is 0.462. The molecule has 1 heterocycles. The molecule has 1 amide bonds. The SMILES string of the molecule is CC1SCCN(C(=O)c2ccc(N)cc2)C1C. The predicted octanol–water partition coefficient (Wildman–Crippen LogP) is 2.23. The van der Waals surface area contributed by atoms with Crippen LogP contribution in [0.5, 0.6) is 0 Å². The van der Waals surface area contributed by atoms with Crippen LogP contribution in [-0.4, -0.2) is 34.4 Å². The fourth-order valence-corrected chi connectivity index (χ4v) is 3.11. The molecule has 0 radical (unpaired) electrons. The molecular formula is C13H18N2OS. The van der Waals surface area contributed by atoms with Crippen LogP contribution in [0.3, 0.4) is 0 Å². The fourth-order valence-electron chi connectivity index (χ4n) is 2.01. The molecule has 1 aromatic carbocycles. The van der Waals surface area contributed by atoms with Gasteiger partial charge in [-0.1, -0.05) is 6.92 Å². The van der Waals surface area contributed by atoms with Gasteiger partial charge in [0.05, 0.1) is 0 Å². The lowest BCUT2D eigenvalue weighted by molar-refractivity contribution is 0.0698. The molecule has 1 aliphatic rings. The number of hydrogen-bond donors (Lipinski definition) is 1. The summed E-state index contributed by atoms with van der Waals surface area (Å²) < 4.78 is 0. The Kier molecular flexibility index (Phi) is 3.62. The summed E-state index contributed by atoms with van der Waals surface area (Å²) in [6.07, 6.45) is 0. The summed E-state index contributed by atoms with van der Waals surface area (Å²) in [7, 11) is 0. The number of nitrogen functional groups attached to an aromatic ring is 1. The zero-order valence-electron chi connectivity index (χ0n) is 10.2. The molecule has 0 spiro atoms. The van der Waals surface area contributed by atoms with Gasteiger partial charge in [-0.2, -0.15) is 11.8 Å². The first kappa shape index (κ1) is 12.3. The van der Waals surface area contributed by atoms with E-state index in [0.29, 0.717) is 17.0 Å². The molecule has 92 valence electrons. The third-order valence-corrected chi connectivity index (χ3v) is 4.64. The quantitative estimate of drug-likeness (QED) is 0.777. The zero-order chi connectivity index (χ0) is 12.4. The predicted molar refractivity (Wildman–Crippen MR) is 73.3 cm³/mol. The molecule has 1 aliphatic heterocycles. The van der Waals surface area contributed by atoms with E-state index >= 15 is 0 Å². The molecule has 4 heteroatoms. The minimum Gasteiger partial charge on any atom is -0.399 e. The number of nitrogens with two attached hydrogens (primary N) is 1. The van der Waals surface area contributed by atoms with Crippen molar-refractivity contribution in [2.45, 2.75) is 25.1 Å². The van der Waals surface area contributed by atoms with E-state index in [2.05, 4.69) is 13.8 Å². The van der Waals surface area contributed by atoms with Crippen LogP contribution in [0, 0.1) is 0 Å². The van der Waals surface area contributed by atoms with Gasteiger partial charge in [-0.15, -0.1) is 0 Å². The number of hydrogen-bond acceptors (Lipinski definition) is 3. The Hall–Kier alpha value is -1.16. The van der Waals surface area contributed by atoms with Crippen LogP contribution >= 0.6 is 11.8 Å². The Labute approximate surface area is 106 Å². The van der Waals surface area contributed by atoms with Gasteiger partial charge in [-0.3, -0.25) is 4.79 Å². The molecule has 0 aliphatic carbocycles. The van der Waals surface area contributed by atoms with Gasteiger partial charge in [0.2, 0.25) is 0 Å². The molecule has 2 rings (SSSR count). The van der Waals surface area contributed by atoms with Gasteiger partial charge >= 0.3 is 0 Å². The van der Waals surface area contributed by atoms with E-state index in [4.69, 9.17) is 5.73 Å². The minimum atomic E-state index is 0.115. The Balaban J connectivity index is 2.16. The second kappa shape index (κ2) is 5.00. The van der Waals surface area contributed by atoms with Crippen LogP contribution in [0.2, 0.25) is 0 Å². The topological polar surface area (TPSA) is 46.3 Å². The van der Waals surface area contributed by atoms with Crippen molar-refractivity contribution in [1.29, 1.82) is 0 Å². The number of nitrogens with zero attached hydrogens (tertiary/aromatic N) is 1. The summed E-state index contributed by atoms with van der Waals surface area (Å²) >= 11 is 1.93. The first-order valence-electron chi connectivity index (χ1n) is 5.87. The first-order chi connectivity index (χ1) is 8.09. The maximum atomic E-state index is 12.3. The molecule has 0 saturated carbocycles. The van der Waals surface area contributed by atoms with E-state index in [1.54, 1.807) is 24.3 Å². The van der Waals surface area contributed by atoms with Crippen molar-refractivity contribution in [3.8, 4) is 0 Å². The summed E-state index contributed by atoms with van der Waals surface area (Å²) in [4.78, 5) is 14.3. The lowest BCUT2D eigenvalue weighted by Gasteiger charge is -2.37. The molecule has 1 aromatic rings. The molecule has 0 aromatic heterocycles. The summed E-state index contributed by atoms with van der Waals surface area (Å²) in [5.41, 5.74) is 7.05. The number of carbonyl (C=O) groups excluding carboxylic acids is 1. The van der Waals surface area contributed by atoms with Crippen molar-refractivity contribution in [3.05, 3.63) is 29.8 Å². The molecule has 0 bridgehead atoms. The number of benzene rings is 1. The van der Waals surface area contributed by atoms with Crippen molar-refractivity contribution in [1.82, 2.24) is 4.90 Å². The van der Waals surface area contributed by atoms with Crippen LogP contribution < -0.4 is 5.73 Å². The molecule has 2 N–H and O–H groups in total. The van der Waals surface area contributed by atoms with E-state index in [-0.39, 0.29) is 5.91 Å². The van der Waals surface area contributed by atoms with Gasteiger partial charge in [-0.05, 0) is 31.2 Å². The maximum absolute atomic E-state index is 12.3. The lowest BCUT2D eigenvalue weighted by Crippen LogP contribution is -2.47. The summed E-state index contributed by atoms with van der Waals surface area (Å²) in [5, 5.41) is 0.501. The monoisotopic (exact) mass is 250 g/mol. The minimum absolute atomic E-state index is 0.115. The van der Waals surface area contributed by atoms with Crippen molar-refractivity contribution < 1.29 is 4.79 Å². The molecule has 2 unspecified atom stereocenters. The van der Waals surface area contributed by atoms with Gasteiger partial charge in [0.1, 0.15) is 0 Å². The van der Waals surface area contributed by atoms with Crippen molar-refractivity contribution >= 4 is 23.4 Å². The number of rotatable bonds is 1. The van der Waals surface area contributed by atoms with Gasteiger partial charge in [0.25, 0.3) is 5.91 Å². The molecule has 3 nitrogen and oxygen atoms in total. The number of amides is 1. The van der Waals surface area contributed by atoms with Crippen LogP contribution in [0.15, 0.2) is 24.3 Å². The maximum Gasteiger partial charge on any atom is 0.254 e. The summed E-state index contributed by atoms with van der Waals surface area (Å²) in [6.45, 7) is 5.13. The highest BCUT2D eigenvalue weighted by molar-refractivity contribution is 8.00. The number of carbonyl (C=O) groups is 1. The Morgan fingerprint density at radius 3 is 2.65 bits per heavy atom. The second-order valence-electron chi connectivity index (χ2n) is 4.44. The number of thioether (sulfide) groups is 1. The van der Waals surface area contributed by atoms with E-state index in [1.807, 2.05) is 16.7 Å². The van der Waals surface area contributed by atoms with Gasteiger partial charge in [0.15, 0.2) is 0 Å². The summed E-state index contributed by atoms with van der Waals surface area (Å²) in [6, 6.07) is 7.45. The van der Waals surface area contributed by atoms with E-state index in [1.165, 1.54) is 0 Å². The third kappa shape index (κ3) is 2.57. The van der Waals surface area contributed by atoms with Crippen LogP contribution in [0.25, 0.3) is 0 Å². The highest BCUT2D eigenvalue weighted by atomic mass is 32.2. The third-order valence-electron chi connectivity index (χ3n) is 3.30.